The summed E-state index contributed by atoms with van der Waals surface area (Å²) in [6.45, 7) is 0. The molecule has 2 aromatic carbocycles. The predicted molar refractivity (Wildman–Crippen MR) is 106 cm³/mol. The quantitative estimate of drug-likeness (QED) is 0.653. The minimum Gasteiger partial charge on any atom is -0.493 e. The molecule has 2 N–H and O–H groups in total. The molecule has 0 radical (unpaired) electrons. The summed E-state index contributed by atoms with van der Waals surface area (Å²) in [6.07, 6.45) is 1.26. The monoisotopic (exact) mass is 425 g/mol. The molecular weight excluding hydrogens is 409 g/mol. The van der Waals surface area contributed by atoms with Crippen LogP contribution in [0.4, 0.5) is 0 Å². The second-order valence-corrected chi connectivity index (χ2v) is 6.24. The van der Waals surface area contributed by atoms with Gasteiger partial charge in [-0.3, -0.25) is 4.79 Å². The summed E-state index contributed by atoms with van der Waals surface area (Å²) in [4.78, 5) is 24.0. The third-order valence-electron chi connectivity index (χ3n) is 3.65. The lowest BCUT2D eigenvalue weighted by atomic mass is 10.1. The molecule has 0 saturated heterocycles. The van der Waals surface area contributed by atoms with Gasteiger partial charge in [-0.15, -0.1) is 0 Å². The average Bonchev–Trinajstić information content (AvgIpc) is 2.66. The van der Waals surface area contributed by atoms with Gasteiger partial charge in [0.25, 0.3) is 5.91 Å². The minimum absolute atomic E-state index is 0.0862. The van der Waals surface area contributed by atoms with E-state index in [4.69, 9.17) is 37.4 Å². The van der Waals surface area contributed by atoms with E-state index in [9.17, 15) is 14.7 Å². The van der Waals surface area contributed by atoms with E-state index in [0.717, 1.165) is 0 Å². The number of carbonyl (C=O) groups is 2. The van der Waals surface area contributed by atoms with Gasteiger partial charge in [0.1, 0.15) is 5.70 Å². The first kappa shape index (κ1) is 21.4. The molecule has 1 amide bonds. The molecule has 0 aliphatic heterocycles. The molecule has 9 heteroatoms. The normalized spacial score (nSPS) is 11.0. The molecule has 0 heterocycles. The second-order valence-electron chi connectivity index (χ2n) is 5.40. The number of carboxylic acid groups (broad SMARTS) is 1. The lowest BCUT2D eigenvalue weighted by molar-refractivity contribution is -0.132. The summed E-state index contributed by atoms with van der Waals surface area (Å²) < 4.78 is 15.7. The number of nitrogens with one attached hydrogen (secondary N) is 1. The topological polar surface area (TPSA) is 94.1 Å². The first-order chi connectivity index (χ1) is 13.3. The van der Waals surface area contributed by atoms with E-state index < -0.39 is 11.9 Å². The molecule has 0 unspecified atom stereocenters. The van der Waals surface area contributed by atoms with Crippen molar-refractivity contribution < 1.29 is 28.9 Å². The van der Waals surface area contributed by atoms with Crippen molar-refractivity contribution in [3.63, 3.8) is 0 Å². The lowest BCUT2D eigenvalue weighted by Gasteiger charge is -2.13. The Balaban J connectivity index is 2.42. The fourth-order valence-corrected chi connectivity index (χ4v) is 2.86. The molecule has 2 aromatic rings. The van der Waals surface area contributed by atoms with E-state index in [1.807, 2.05) is 0 Å². The number of halogens is 2. The first-order valence-corrected chi connectivity index (χ1v) is 8.57. The molecule has 148 valence electrons. The van der Waals surface area contributed by atoms with Crippen molar-refractivity contribution in [3.05, 3.63) is 57.2 Å². The van der Waals surface area contributed by atoms with Gasteiger partial charge in [0.2, 0.25) is 5.75 Å². The summed E-state index contributed by atoms with van der Waals surface area (Å²) >= 11 is 11.8. The van der Waals surface area contributed by atoms with Crippen LogP contribution in [0.15, 0.2) is 36.0 Å². The summed E-state index contributed by atoms with van der Waals surface area (Å²) in [5.41, 5.74) is 0.128. The zero-order chi connectivity index (χ0) is 20.8. The largest absolute Gasteiger partial charge is 0.493 e. The lowest BCUT2D eigenvalue weighted by Crippen LogP contribution is -2.27. The first-order valence-electron chi connectivity index (χ1n) is 7.82. The smallest absolute Gasteiger partial charge is 0.352 e. The highest BCUT2D eigenvalue weighted by Crippen LogP contribution is 2.38. The van der Waals surface area contributed by atoms with Gasteiger partial charge in [0.05, 0.1) is 31.9 Å². The van der Waals surface area contributed by atoms with Crippen molar-refractivity contribution in [2.75, 3.05) is 21.3 Å². The van der Waals surface area contributed by atoms with Gasteiger partial charge in [0, 0.05) is 5.02 Å². The molecule has 0 spiro atoms. The molecule has 0 aliphatic rings. The Hall–Kier alpha value is -2.90. The van der Waals surface area contributed by atoms with Gasteiger partial charge in [0.15, 0.2) is 11.5 Å². The Morgan fingerprint density at radius 3 is 2.07 bits per heavy atom. The average molecular weight is 426 g/mol. The maximum absolute atomic E-state index is 12.4. The summed E-state index contributed by atoms with van der Waals surface area (Å²) in [7, 11) is 4.33. The van der Waals surface area contributed by atoms with Crippen molar-refractivity contribution in [2.24, 2.45) is 0 Å². The number of carboxylic acids is 1. The van der Waals surface area contributed by atoms with Crippen LogP contribution in [0.25, 0.3) is 6.08 Å². The third-order valence-corrected chi connectivity index (χ3v) is 4.20. The SMILES string of the molecule is COc1cc(/C=C(/NC(=O)c2ccc(Cl)cc2Cl)C(=O)O)cc(OC)c1OC. The van der Waals surface area contributed by atoms with Crippen LogP contribution in [-0.4, -0.2) is 38.3 Å². The van der Waals surface area contributed by atoms with Gasteiger partial charge in [-0.2, -0.15) is 0 Å². The molecule has 0 saturated carbocycles. The van der Waals surface area contributed by atoms with Crippen LogP contribution in [0.2, 0.25) is 10.0 Å². The van der Waals surface area contributed by atoms with Crippen molar-refractivity contribution in [2.45, 2.75) is 0 Å². The molecule has 0 aliphatic carbocycles. The zero-order valence-electron chi connectivity index (χ0n) is 15.2. The van der Waals surface area contributed by atoms with Crippen molar-refractivity contribution in [3.8, 4) is 17.2 Å². The van der Waals surface area contributed by atoms with Crippen LogP contribution in [0.5, 0.6) is 17.2 Å². The fourth-order valence-electron chi connectivity index (χ4n) is 2.37. The number of rotatable bonds is 7. The Bertz CT molecular complexity index is 917. The number of benzene rings is 2. The van der Waals surface area contributed by atoms with Crippen LogP contribution in [-0.2, 0) is 4.79 Å². The van der Waals surface area contributed by atoms with E-state index in [2.05, 4.69) is 5.32 Å². The molecule has 0 fully saturated rings. The maximum atomic E-state index is 12.4. The Morgan fingerprint density at radius 2 is 1.61 bits per heavy atom. The molecule has 2 rings (SSSR count). The van der Waals surface area contributed by atoms with Crippen LogP contribution >= 0.6 is 23.2 Å². The van der Waals surface area contributed by atoms with Gasteiger partial charge < -0.3 is 24.6 Å². The van der Waals surface area contributed by atoms with Gasteiger partial charge in [-0.1, -0.05) is 23.2 Å². The van der Waals surface area contributed by atoms with Crippen molar-refractivity contribution >= 4 is 41.2 Å². The van der Waals surface area contributed by atoms with Crippen LogP contribution < -0.4 is 19.5 Å². The summed E-state index contributed by atoms with van der Waals surface area (Å²) in [5.74, 6) is -0.999. The van der Waals surface area contributed by atoms with Crippen LogP contribution in [0.1, 0.15) is 15.9 Å². The van der Waals surface area contributed by atoms with Gasteiger partial charge in [-0.05, 0) is 42.0 Å². The molecule has 0 aromatic heterocycles. The molecule has 7 nitrogen and oxygen atoms in total. The number of amides is 1. The number of hydrogen-bond donors (Lipinski definition) is 2. The Kier molecular flexibility index (Phi) is 7.14. The van der Waals surface area contributed by atoms with E-state index in [-0.39, 0.29) is 16.3 Å². The van der Waals surface area contributed by atoms with E-state index in [0.29, 0.717) is 27.8 Å². The van der Waals surface area contributed by atoms with Gasteiger partial charge in [-0.25, -0.2) is 4.79 Å². The molecular formula is C19H17Cl2NO6. The fraction of sp³-hybridized carbons (Fsp3) is 0.158. The standard InChI is InChI=1S/C19H17Cl2NO6/c1-26-15-7-10(8-16(27-2)17(15)28-3)6-14(19(24)25)22-18(23)12-5-4-11(20)9-13(12)21/h4-9H,1-3H3,(H,22,23)(H,24,25)/b14-6+. The van der Waals surface area contributed by atoms with Crippen LogP contribution in [0.3, 0.4) is 0 Å². The molecule has 0 bridgehead atoms. The molecule has 28 heavy (non-hydrogen) atoms. The minimum atomic E-state index is -1.34. The number of hydrogen-bond acceptors (Lipinski definition) is 5. The zero-order valence-corrected chi connectivity index (χ0v) is 16.7. The number of methoxy groups -OCH3 is 3. The van der Waals surface area contributed by atoms with Crippen molar-refractivity contribution in [1.29, 1.82) is 0 Å². The highest BCUT2D eigenvalue weighted by atomic mass is 35.5. The summed E-state index contributed by atoms with van der Waals surface area (Å²) in [5, 5.41) is 12.3. The van der Waals surface area contributed by atoms with Gasteiger partial charge >= 0.3 is 5.97 Å². The predicted octanol–water partition coefficient (Wildman–Crippen LogP) is 3.87. The highest BCUT2D eigenvalue weighted by Gasteiger charge is 2.18. The second kappa shape index (κ2) is 9.34. The third kappa shape index (κ3) is 4.88. The van der Waals surface area contributed by atoms with E-state index in [1.54, 1.807) is 12.1 Å². The van der Waals surface area contributed by atoms with E-state index in [1.165, 1.54) is 45.6 Å². The van der Waals surface area contributed by atoms with E-state index >= 15 is 0 Å². The van der Waals surface area contributed by atoms with Crippen LogP contribution in [0, 0.1) is 0 Å². The highest BCUT2D eigenvalue weighted by molar-refractivity contribution is 6.36. The maximum Gasteiger partial charge on any atom is 0.352 e. The Labute approximate surface area is 171 Å². The van der Waals surface area contributed by atoms with Crippen molar-refractivity contribution in [1.82, 2.24) is 5.32 Å². The number of carbonyl (C=O) groups excluding carboxylic acids is 1. The Morgan fingerprint density at radius 1 is 1.00 bits per heavy atom. The number of ether oxygens (including phenoxy) is 3. The molecule has 0 atom stereocenters. The summed E-state index contributed by atoms with van der Waals surface area (Å²) in [6, 6.07) is 7.36. The number of aliphatic carboxylic acids is 1.